The van der Waals surface area contributed by atoms with Gasteiger partial charge in [0.15, 0.2) is 0 Å². The Morgan fingerprint density at radius 1 is 1.44 bits per heavy atom. The highest BCUT2D eigenvalue weighted by Crippen LogP contribution is 2.32. The van der Waals surface area contributed by atoms with E-state index in [4.69, 9.17) is 27.9 Å². The van der Waals surface area contributed by atoms with Gasteiger partial charge in [-0.05, 0) is 43.5 Å². The lowest BCUT2D eigenvalue weighted by atomic mass is 9.99. The van der Waals surface area contributed by atoms with Crippen molar-refractivity contribution in [1.82, 2.24) is 5.32 Å². The second kappa shape index (κ2) is 6.76. The smallest absolute Gasteiger partial charge is 0.0771 e. The standard InChI is InChI=1S/C14H19Cl2NO/c1-2-7-17-14(13-4-3-8-18-13)11-6-5-10(15)9-12(11)16/h5-6,9,13-14,17H,2-4,7-8H2,1H3. The van der Waals surface area contributed by atoms with E-state index in [9.17, 15) is 0 Å². The molecule has 100 valence electrons. The van der Waals surface area contributed by atoms with E-state index < -0.39 is 0 Å². The van der Waals surface area contributed by atoms with E-state index >= 15 is 0 Å². The summed E-state index contributed by atoms with van der Waals surface area (Å²) in [6.07, 6.45) is 3.52. The molecule has 1 N–H and O–H groups in total. The minimum atomic E-state index is 0.164. The van der Waals surface area contributed by atoms with Crippen molar-refractivity contribution in [2.45, 2.75) is 38.3 Å². The van der Waals surface area contributed by atoms with Crippen LogP contribution in [-0.2, 0) is 4.74 Å². The van der Waals surface area contributed by atoms with E-state index in [2.05, 4.69) is 12.2 Å². The largest absolute Gasteiger partial charge is 0.376 e. The highest BCUT2D eigenvalue weighted by atomic mass is 35.5. The average Bonchev–Trinajstić information content (AvgIpc) is 2.85. The number of nitrogens with one attached hydrogen (secondary N) is 1. The predicted octanol–water partition coefficient (Wildman–Crippen LogP) is 4.21. The number of rotatable bonds is 5. The van der Waals surface area contributed by atoms with Crippen molar-refractivity contribution in [3.8, 4) is 0 Å². The fourth-order valence-electron chi connectivity index (χ4n) is 2.36. The Bertz CT molecular complexity index is 391. The summed E-state index contributed by atoms with van der Waals surface area (Å²) in [4.78, 5) is 0. The lowest BCUT2D eigenvalue weighted by Gasteiger charge is -2.25. The number of benzene rings is 1. The molecule has 0 aliphatic carbocycles. The summed E-state index contributed by atoms with van der Waals surface area (Å²) in [5.74, 6) is 0. The molecule has 1 aromatic carbocycles. The van der Waals surface area contributed by atoms with E-state index in [-0.39, 0.29) is 12.1 Å². The molecule has 0 bridgehead atoms. The Kier molecular flexibility index (Phi) is 5.31. The van der Waals surface area contributed by atoms with E-state index in [0.717, 1.165) is 38.0 Å². The zero-order valence-corrected chi connectivity index (χ0v) is 12.1. The molecule has 0 spiro atoms. The molecule has 1 saturated heterocycles. The van der Waals surface area contributed by atoms with E-state index in [1.165, 1.54) is 0 Å². The van der Waals surface area contributed by atoms with Crippen LogP contribution in [0.1, 0.15) is 37.8 Å². The maximum absolute atomic E-state index is 6.30. The summed E-state index contributed by atoms with van der Waals surface area (Å²) >= 11 is 12.3. The van der Waals surface area contributed by atoms with Crippen LogP contribution < -0.4 is 5.32 Å². The average molecular weight is 288 g/mol. The third-order valence-electron chi connectivity index (χ3n) is 3.25. The van der Waals surface area contributed by atoms with Crippen molar-refractivity contribution in [3.63, 3.8) is 0 Å². The minimum Gasteiger partial charge on any atom is -0.376 e. The molecule has 1 aliphatic heterocycles. The Balaban J connectivity index is 2.20. The molecule has 2 rings (SSSR count). The Morgan fingerprint density at radius 2 is 2.28 bits per heavy atom. The lowest BCUT2D eigenvalue weighted by Crippen LogP contribution is -2.32. The first-order chi connectivity index (χ1) is 8.72. The third kappa shape index (κ3) is 3.39. The SMILES string of the molecule is CCCNC(c1ccc(Cl)cc1Cl)C1CCCO1. The molecule has 2 atom stereocenters. The van der Waals surface area contributed by atoms with Gasteiger partial charge in [-0.25, -0.2) is 0 Å². The van der Waals surface area contributed by atoms with Gasteiger partial charge < -0.3 is 10.1 Å². The first-order valence-electron chi connectivity index (χ1n) is 6.52. The van der Waals surface area contributed by atoms with Crippen LogP contribution in [0, 0.1) is 0 Å². The molecular weight excluding hydrogens is 269 g/mol. The molecule has 4 heteroatoms. The third-order valence-corrected chi connectivity index (χ3v) is 3.81. The fourth-order valence-corrected chi connectivity index (χ4v) is 2.89. The Hall–Kier alpha value is -0.280. The van der Waals surface area contributed by atoms with Crippen molar-refractivity contribution in [2.75, 3.05) is 13.2 Å². The number of hydrogen-bond donors (Lipinski definition) is 1. The molecule has 2 unspecified atom stereocenters. The van der Waals surface area contributed by atoms with Crippen LogP contribution in [0.15, 0.2) is 18.2 Å². The molecule has 1 aromatic rings. The number of halogens is 2. The van der Waals surface area contributed by atoms with E-state index in [1.54, 1.807) is 6.07 Å². The van der Waals surface area contributed by atoms with Crippen molar-refractivity contribution in [1.29, 1.82) is 0 Å². The first kappa shape index (κ1) is 14.1. The van der Waals surface area contributed by atoms with Gasteiger partial charge >= 0.3 is 0 Å². The summed E-state index contributed by atoms with van der Waals surface area (Å²) in [6.45, 7) is 3.96. The van der Waals surface area contributed by atoms with Crippen LogP contribution in [0.5, 0.6) is 0 Å². The topological polar surface area (TPSA) is 21.3 Å². The number of hydrogen-bond acceptors (Lipinski definition) is 2. The maximum atomic E-state index is 6.30. The first-order valence-corrected chi connectivity index (χ1v) is 7.28. The fraction of sp³-hybridized carbons (Fsp3) is 0.571. The molecule has 1 heterocycles. The molecule has 0 radical (unpaired) electrons. The van der Waals surface area contributed by atoms with Gasteiger partial charge in [-0.15, -0.1) is 0 Å². The molecule has 1 aliphatic rings. The Morgan fingerprint density at radius 3 is 2.89 bits per heavy atom. The van der Waals surface area contributed by atoms with Crippen LogP contribution >= 0.6 is 23.2 Å². The van der Waals surface area contributed by atoms with Crippen LogP contribution in [-0.4, -0.2) is 19.3 Å². The molecule has 2 nitrogen and oxygen atoms in total. The zero-order valence-electron chi connectivity index (χ0n) is 10.6. The summed E-state index contributed by atoms with van der Waals surface area (Å²) in [5, 5.41) is 4.92. The minimum absolute atomic E-state index is 0.164. The van der Waals surface area contributed by atoms with Gasteiger partial charge in [-0.2, -0.15) is 0 Å². The van der Waals surface area contributed by atoms with Crippen LogP contribution in [0.4, 0.5) is 0 Å². The van der Waals surface area contributed by atoms with E-state index in [1.807, 2.05) is 12.1 Å². The van der Waals surface area contributed by atoms with Gasteiger partial charge in [0.1, 0.15) is 0 Å². The summed E-state index contributed by atoms with van der Waals surface area (Å²) < 4.78 is 5.80. The quantitative estimate of drug-likeness (QED) is 0.876. The van der Waals surface area contributed by atoms with Crippen molar-refractivity contribution in [2.24, 2.45) is 0 Å². The second-order valence-corrected chi connectivity index (χ2v) is 5.49. The Labute approximate surface area is 119 Å². The van der Waals surface area contributed by atoms with Gasteiger partial charge in [-0.1, -0.05) is 36.2 Å². The van der Waals surface area contributed by atoms with Crippen molar-refractivity contribution < 1.29 is 4.74 Å². The van der Waals surface area contributed by atoms with E-state index in [0.29, 0.717) is 10.0 Å². The second-order valence-electron chi connectivity index (χ2n) is 4.65. The van der Waals surface area contributed by atoms with Gasteiger partial charge in [-0.3, -0.25) is 0 Å². The van der Waals surface area contributed by atoms with Gasteiger partial charge in [0, 0.05) is 16.7 Å². The number of ether oxygens (including phenoxy) is 1. The lowest BCUT2D eigenvalue weighted by molar-refractivity contribution is 0.0783. The highest BCUT2D eigenvalue weighted by molar-refractivity contribution is 6.35. The van der Waals surface area contributed by atoms with Crippen LogP contribution in [0.2, 0.25) is 10.0 Å². The summed E-state index contributed by atoms with van der Waals surface area (Å²) in [6, 6.07) is 5.85. The molecule has 1 fully saturated rings. The molecule has 0 amide bonds. The monoisotopic (exact) mass is 287 g/mol. The van der Waals surface area contributed by atoms with Crippen LogP contribution in [0.3, 0.4) is 0 Å². The summed E-state index contributed by atoms with van der Waals surface area (Å²) in [7, 11) is 0. The summed E-state index contributed by atoms with van der Waals surface area (Å²) in [5.41, 5.74) is 1.08. The van der Waals surface area contributed by atoms with Gasteiger partial charge in [0.05, 0.1) is 12.1 Å². The van der Waals surface area contributed by atoms with Crippen molar-refractivity contribution >= 4 is 23.2 Å². The van der Waals surface area contributed by atoms with Gasteiger partial charge in [0.2, 0.25) is 0 Å². The predicted molar refractivity (Wildman–Crippen MR) is 76.5 cm³/mol. The van der Waals surface area contributed by atoms with Crippen molar-refractivity contribution in [3.05, 3.63) is 33.8 Å². The maximum Gasteiger partial charge on any atom is 0.0771 e. The molecule has 0 aromatic heterocycles. The molecule has 18 heavy (non-hydrogen) atoms. The van der Waals surface area contributed by atoms with Gasteiger partial charge in [0.25, 0.3) is 0 Å². The highest BCUT2D eigenvalue weighted by Gasteiger charge is 2.28. The molecule has 0 saturated carbocycles. The zero-order chi connectivity index (χ0) is 13.0. The molecular formula is C14H19Cl2NO. The van der Waals surface area contributed by atoms with Crippen LogP contribution in [0.25, 0.3) is 0 Å². The normalized spacial score (nSPS) is 21.2.